The van der Waals surface area contributed by atoms with Gasteiger partial charge in [0.05, 0.1) is 41.5 Å². The Balaban J connectivity index is 1.34. The third-order valence-electron chi connectivity index (χ3n) is 13.0. The first-order valence-corrected chi connectivity index (χ1v) is 27.4. The molecule has 0 unspecified atom stereocenters. The molecule has 5 rings (SSSR count). The first-order chi connectivity index (χ1) is 36.3. The van der Waals surface area contributed by atoms with Gasteiger partial charge in [-0.3, -0.25) is 4.79 Å². The lowest BCUT2D eigenvalue weighted by Gasteiger charge is -2.44. The van der Waals surface area contributed by atoms with Gasteiger partial charge in [0.15, 0.2) is 24.6 Å². The zero-order valence-corrected chi connectivity index (χ0v) is 43.9. The van der Waals surface area contributed by atoms with Crippen LogP contribution < -0.4 is 5.32 Å². The van der Waals surface area contributed by atoms with Gasteiger partial charge in [-0.1, -0.05) is 196 Å². The predicted octanol–water partition coefficient (Wildman–Crippen LogP) is 12.6. The normalized spacial score (nSPS) is 17.7. The minimum Gasteiger partial charge on any atom is -0.459 e. The summed E-state index contributed by atoms with van der Waals surface area (Å²) in [4.78, 5) is 69.1. The van der Waals surface area contributed by atoms with Crippen molar-refractivity contribution in [3.8, 4) is 0 Å². The number of hydrogen-bond acceptors (Lipinski definition) is 12. The number of esters is 4. The molecule has 1 aliphatic heterocycles. The first kappa shape index (κ1) is 59.0. The molecule has 0 aliphatic carbocycles. The van der Waals surface area contributed by atoms with E-state index in [-0.39, 0.29) is 41.4 Å². The second-order valence-electron chi connectivity index (χ2n) is 19.1. The largest absolute Gasteiger partial charge is 0.459 e. The molecule has 13 nitrogen and oxygen atoms in total. The molecule has 74 heavy (non-hydrogen) atoms. The second-order valence-corrected chi connectivity index (χ2v) is 19.1. The molecule has 0 radical (unpaired) electrons. The minimum atomic E-state index is -1.59. The third-order valence-corrected chi connectivity index (χ3v) is 13.0. The minimum absolute atomic E-state index is 0.111. The Kier molecular flexibility index (Phi) is 28.2. The highest BCUT2D eigenvalue weighted by atomic mass is 16.7. The van der Waals surface area contributed by atoms with Gasteiger partial charge in [0, 0.05) is 13.0 Å². The van der Waals surface area contributed by atoms with Gasteiger partial charge in [0.1, 0.15) is 12.7 Å². The summed E-state index contributed by atoms with van der Waals surface area (Å²) in [6.45, 7) is 4.29. The van der Waals surface area contributed by atoms with Gasteiger partial charge in [-0.2, -0.15) is 0 Å². The highest BCUT2D eigenvalue weighted by molar-refractivity contribution is 5.91. The Morgan fingerprint density at radius 2 is 0.851 bits per heavy atom. The number of hydrogen-bond donors (Lipinski definition) is 1. The Bertz CT molecular complexity index is 2180. The molecule has 0 saturated carbocycles. The number of amides is 1. The summed E-state index contributed by atoms with van der Waals surface area (Å²) in [6.07, 6.45) is 15.1. The van der Waals surface area contributed by atoms with E-state index in [1.807, 2.05) is 0 Å². The van der Waals surface area contributed by atoms with Gasteiger partial charge < -0.3 is 38.5 Å². The number of carbonyl (C=O) groups is 5. The number of unbranched alkanes of at least 4 members (excludes halogenated alkanes) is 17. The number of rotatable bonds is 36. The van der Waals surface area contributed by atoms with Crippen molar-refractivity contribution in [3.63, 3.8) is 0 Å². The fourth-order valence-corrected chi connectivity index (χ4v) is 8.82. The average molecular weight is 1020 g/mol. The third kappa shape index (κ3) is 21.9. The number of carbonyl (C=O) groups excluding carboxylic acids is 5. The van der Waals surface area contributed by atoms with Gasteiger partial charge in [0.25, 0.3) is 0 Å². The zero-order valence-electron chi connectivity index (χ0n) is 43.9. The van der Waals surface area contributed by atoms with Crippen LogP contribution in [0.2, 0.25) is 0 Å². The van der Waals surface area contributed by atoms with E-state index >= 15 is 0 Å². The molecule has 1 heterocycles. The van der Waals surface area contributed by atoms with Crippen LogP contribution in [-0.2, 0) is 38.0 Å². The van der Waals surface area contributed by atoms with Crippen molar-refractivity contribution in [2.24, 2.45) is 0 Å². The van der Waals surface area contributed by atoms with Crippen LogP contribution in [0.1, 0.15) is 184 Å². The molecule has 1 fully saturated rings. The Morgan fingerprint density at radius 1 is 0.459 bits per heavy atom. The molecule has 0 bridgehead atoms. The van der Waals surface area contributed by atoms with Gasteiger partial charge in [0.2, 0.25) is 5.91 Å². The molecule has 13 heteroatoms. The topological polar surface area (TPSA) is 162 Å². The maximum absolute atomic E-state index is 14.1. The van der Waals surface area contributed by atoms with Crippen molar-refractivity contribution in [1.82, 2.24) is 5.32 Å². The fraction of sp³-hybridized carbons (Fsp3) is 0.525. The van der Waals surface area contributed by atoms with Crippen LogP contribution in [0, 0.1) is 0 Å². The highest BCUT2D eigenvalue weighted by Crippen LogP contribution is 2.32. The average Bonchev–Trinajstić information content (AvgIpc) is 3.43. The molecule has 0 spiro atoms. The molecule has 1 saturated heterocycles. The maximum Gasteiger partial charge on any atom is 0.338 e. The summed E-state index contributed by atoms with van der Waals surface area (Å²) in [6, 6.07) is 32.2. The number of benzene rings is 4. The lowest BCUT2D eigenvalue weighted by molar-refractivity contribution is -0.299. The molecule has 1 aliphatic rings. The predicted molar refractivity (Wildman–Crippen MR) is 285 cm³/mol. The summed E-state index contributed by atoms with van der Waals surface area (Å²) < 4.78 is 43.6. The van der Waals surface area contributed by atoms with Crippen LogP contribution in [-0.4, -0.2) is 93.0 Å². The quantitative estimate of drug-likeness (QED) is 0.0261. The second kappa shape index (κ2) is 35.3. The summed E-state index contributed by atoms with van der Waals surface area (Å²) in [5, 5.41) is 3.10. The van der Waals surface area contributed by atoms with E-state index in [1.165, 1.54) is 70.6 Å². The van der Waals surface area contributed by atoms with Crippen LogP contribution in [0.3, 0.4) is 0 Å². The lowest BCUT2D eigenvalue weighted by atomic mass is 9.97. The molecule has 402 valence electrons. The lowest BCUT2D eigenvalue weighted by Crippen LogP contribution is -2.63. The van der Waals surface area contributed by atoms with Crippen LogP contribution in [0.4, 0.5) is 0 Å². The van der Waals surface area contributed by atoms with Crippen molar-refractivity contribution >= 4 is 29.8 Å². The molecule has 4 aromatic rings. The van der Waals surface area contributed by atoms with E-state index in [0.717, 1.165) is 51.4 Å². The fourth-order valence-electron chi connectivity index (χ4n) is 8.82. The van der Waals surface area contributed by atoms with Crippen LogP contribution in [0.15, 0.2) is 121 Å². The van der Waals surface area contributed by atoms with E-state index in [4.69, 9.17) is 33.2 Å². The molecule has 6 atom stereocenters. The number of nitrogens with one attached hydrogen (secondary N) is 1. The van der Waals surface area contributed by atoms with Crippen molar-refractivity contribution in [2.45, 2.75) is 179 Å². The molecule has 4 aromatic carbocycles. The monoisotopic (exact) mass is 1020 g/mol. The Labute approximate surface area is 439 Å². The van der Waals surface area contributed by atoms with E-state index in [0.29, 0.717) is 13.0 Å². The van der Waals surface area contributed by atoms with Crippen LogP contribution >= 0.6 is 0 Å². The molecular formula is C61H81NO12. The summed E-state index contributed by atoms with van der Waals surface area (Å²) in [7, 11) is 0. The molecule has 1 amide bonds. The van der Waals surface area contributed by atoms with Crippen molar-refractivity contribution < 1.29 is 57.1 Å². The standard InChI is InChI=1S/C61H81NO12/c1-3-5-7-9-10-11-12-13-14-15-16-17-18-19-32-42-53(63)62-51(44-68-43-33-8-6-4-2)45-70-61-56(74-60(67)50-40-30-23-31-41-50)55(73-59(66)49-38-28-22-29-39-49)54(72-58(65)48-36-26-21-27-37-48)52(71-61)46-69-57(64)47-34-24-20-25-35-47/h20-31,34-41,51-52,54-56,61H,3-19,32-33,42-46H2,1-2H3,(H,62,63)/t51-,52-,54+,55+,56-,61-/m1/s1. The van der Waals surface area contributed by atoms with Crippen LogP contribution in [0.25, 0.3) is 0 Å². The van der Waals surface area contributed by atoms with Gasteiger partial charge in [-0.25, -0.2) is 19.2 Å². The Morgan fingerprint density at radius 3 is 1.31 bits per heavy atom. The van der Waals surface area contributed by atoms with Gasteiger partial charge in [-0.05, 0) is 61.4 Å². The van der Waals surface area contributed by atoms with Gasteiger partial charge >= 0.3 is 23.9 Å². The first-order valence-electron chi connectivity index (χ1n) is 27.4. The Hall–Kier alpha value is -5.89. The van der Waals surface area contributed by atoms with E-state index in [2.05, 4.69) is 19.2 Å². The van der Waals surface area contributed by atoms with E-state index < -0.39 is 67.2 Å². The van der Waals surface area contributed by atoms with E-state index in [1.54, 1.807) is 121 Å². The van der Waals surface area contributed by atoms with Gasteiger partial charge in [-0.15, -0.1) is 0 Å². The van der Waals surface area contributed by atoms with Crippen molar-refractivity contribution in [1.29, 1.82) is 0 Å². The maximum atomic E-state index is 14.1. The van der Waals surface area contributed by atoms with Crippen molar-refractivity contribution in [2.75, 3.05) is 26.4 Å². The molecule has 1 N–H and O–H groups in total. The molecular weight excluding hydrogens is 939 g/mol. The SMILES string of the molecule is CCCCCCCCCCCCCCCCCC(=O)N[C@H](COCCCCCC)CO[C@@H]1O[C@H](COC(=O)c2ccccc2)[C@H](OC(=O)c2ccccc2)[C@H](OC(=O)c2ccccc2)[C@H]1OC(=O)c1ccccc1. The zero-order chi connectivity index (χ0) is 52.4. The van der Waals surface area contributed by atoms with Crippen LogP contribution in [0.5, 0.6) is 0 Å². The smallest absolute Gasteiger partial charge is 0.338 e. The van der Waals surface area contributed by atoms with E-state index in [9.17, 15) is 24.0 Å². The highest BCUT2D eigenvalue weighted by Gasteiger charge is 2.54. The van der Waals surface area contributed by atoms with Crippen molar-refractivity contribution in [3.05, 3.63) is 144 Å². The number of ether oxygens (including phenoxy) is 7. The summed E-state index contributed by atoms with van der Waals surface area (Å²) >= 11 is 0. The summed E-state index contributed by atoms with van der Waals surface area (Å²) in [5.74, 6) is -3.28. The summed E-state index contributed by atoms with van der Waals surface area (Å²) in [5.41, 5.74) is 0.775. The molecule has 0 aromatic heterocycles.